The van der Waals surface area contributed by atoms with Crippen molar-refractivity contribution in [2.45, 2.75) is 59.3 Å². The van der Waals surface area contributed by atoms with Crippen molar-refractivity contribution in [1.29, 1.82) is 0 Å². The van der Waals surface area contributed by atoms with Gasteiger partial charge in [-0.2, -0.15) is 0 Å². The van der Waals surface area contributed by atoms with Crippen LogP contribution in [0.25, 0.3) is 0 Å². The molecule has 1 N–H and O–H groups in total. The third-order valence-corrected chi connectivity index (χ3v) is 3.36. The molecule has 0 heterocycles. The lowest BCUT2D eigenvalue weighted by Gasteiger charge is -2.12. The largest absolute Gasteiger partial charge is 0.507 e. The van der Waals surface area contributed by atoms with Crippen LogP contribution in [0.5, 0.6) is 11.5 Å². The van der Waals surface area contributed by atoms with E-state index in [1.165, 1.54) is 32.6 Å². The number of phenolic OH excluding ortho intramolecular Hbond substituents is 1. The number of aromatic hydroxyl groups is 1. The third kappa shape index (κ3) is 4.87. The molecular formula is C17H26O3. The Morgan fingerprint density at radius 2 is 1.85 bits per heavy atom. The smallest absolute Gasteiger partial charge is 0.167 e. The minimum atomic E-state index is -0.166. The van der Waals surface area contributed by atoms with E-state index in [0.717, 1.165) is 18.4 Å². The van der Waals surface area contributed by atoms with Crippen LogP contribution < -0.4 is 4.74 Å². The lowest BCUT2D eigenvalue weighted by atomic mass is 10.0. The monoisotopic (exact) mass is 278 g/mol. The van der Waals surface area contributed by atoms with Crippen LogP contribution in [0, 0.1) is 0 Å². The summed E-state index contributed by atoms with van der Waals surface area (Å²) in [5, 5.41) is 10.0. The van der Waals surface area contributed by atoms with E-state index in [-0.39, 0.29) is 11.5 Å². The first-order valence-corrected chi connectivity index (χ1v) is 7.59. The lowest BCUT2D eigenvalue weighted by Crippen LogP contribution is -2.02. The van der Waals surface area contributed by atoms with E-state index >= 15 is 0 Å². The van der Waals surface area contributed by atoms with Crippen molar-refractivity contribution < 1.29 is 14.6 Å². The molecule has 3 heteroatoms. The van der Waals surface area contributed by atoms with Crippen molar-refractivity contribution in [3.05, 3.63) is 23.3 Å². The SMILES string of the molecule is CCCCCCCc1cc(O)c(C(C)=O)c(OCC)c1. The highest BCUT2D eigenvalue weighted by Gasteiger charge is 2.15. The number of unbranched alkanes of at least 4 members (excludes halogenated alkanes) is 4. The Hall–Kier alpha value is -1.51. The van der Waals surface area contributed by atoms with Crippen LogP contribution in [0.15, 0.2) is 12.1 Å². The van der Waals surface area contributed by atoms with E-state index in [4.69, 9.17) is 4.74 Å². The number of aryl methyl sites for hydroxylation is 1. The second-order valence-electron chi connectivity index (χ2n) is 5.14. The van der Waals surface area contributed by atoms with Gasteiger partial charge in [0, 0.05) is 0 Å². The highest BCUT2D eigenvalue weighted by atomic mass is 16.5. The maximum atomic E-state index is 11.6. The van der Waals surface area contributed by atoms with Gasteiger partial charge in [0.1, 0.15) is 17.1 Å². The number of phenols is 1. The molecule has 20 heavy (non-hydrogen) atoms. The van der Waals surface area contributed by atoms with E-state index in [1.54, 1.807) is 6.07 Å². The molecule has 0 aliphatic carbocycles. The molecule has 0 aromatic heterocycles. The first-order chi connectivity index (χ1) is 9.60. The number of rotatable bonds is 9. The van der Waals surface area contributed by atoms with Crippen molar-refractivity contribution in [2.75, 3.05) is 6.61 Å². The quantitative estimate of drug-likeness (QED) is 0.534. The molecule has 3 nitrogen and oxygen atoms in total. The second kappa shape index (κ2) is 8.62. The fourth-order valence-electron chi connectivity index (χ4n) is 2.36. The molecule has 0 bridgehead atoms. The van der Waals surface area contributed by atoms with Gasteiger partial charge in [-0.15, -0.1) is 0 Å². The number of Topliss-reactive ketones (excluding diaryl/α,β-unsaturated/α-hetero) is 1. The van der Waals surface area contributed by atoms with Gasteiger partial charge in [0.05, 0.1) is 6.61 Å². The minimum Gasteiger partial charge on any atom is -0.507 e. The Kier molecular flexibility index (Phi) is 7.13. The van der Waals surface area contributed by atoms with Gasteiger partial charge in [-0.25, -0.2) is 0 Å². The maximum Gasteiger partial charge on any atom is 0.167 e. The van der Waals surface area contributed by atoms with Gasteiger partial charge >= 0.3 is 0 Å². The zero-order chi connectivity index (χ0) is 15.0. The van der Waals surface area contributed by atoms with Crippen LogP contribution in [0.2, 0.25) is 0 Å². The average Bonchev–Trinajstić information content (AvgIpc) is 2.38. The van der Waals surface area contributed by atoms with E-state index < -0.39 is 0 Å². The molecule has 0 unspecified atom stereocenters. The Bertz CT molecular complexity index is 438. The Labute approximate surface area is 122 Å². The van der Waals surface area contributed by atoms with Gasteiger partial charge < -0.3 is 9.84 Å². The first kappa shape index (κ1) is 16.5. The molecule has 0 amide bonds. The number of carbonyl (C=O) groups is 1. The summed E-state index contributed by atoms with van der Waals surface area (Å²) < 4.78 is 5.48. The molecule has 0 saturated carbocycles. The van der Waals surface area contributed by atoms with Crippen LogP contribution in [-0.4, -0.2) is 17.5 Å². The van der Waals surface area contributed by atoms with E-state index in [2.05, 4.69) is 6.92 Å². The number of hydrogen-bond donors (Lipinski definition) is 1. The molecule has 0 fully saturated rings. The molecule has 1 rings (SSSR count). The van der Waals surface area contributed by atoms with Crippen molar-refractivity contribution in [1.82, 2.24) is 0 Å². The molecule has 112 valence electrons. The number of ether oxygens (including phenoxy) is 1. The summed E-state index contributed by atoms with van der Waals surface area (Å²) in [5.74, 6) is 0.371. The van der Waals surface area contributed by atoms with Crippen LogP contribution in [0.4, 0.5) is 0 Å². The fraction of sp³-hybridized carbons (Fsp3) is 0.588. The average molecular weight is 278 g/mol. The van der Waals surface area contributed by atoms with Crippen molar-refractivity contribution >= 4 is 5.78 Å². The normalized spacial score (nSPS) is 10.6. The Morgan fingerprint density at radius 3 is 2.45 bits per heavy atom. The van der Waals surface area contributed by atoms with Gasteiger partial charge in [0.25, 0.3) is 0 Å². The number of carbonyl (C=O) groups excluding carboxylic acids is 1. The number of hydrogen-bond acceptors (Lipinski definition) is 3. The highest BCUT2D eigenvalue weighted by molar-refractivity contribution is 5.99. The van der Waals surface area contributed by atoms with Crippen molar-refractivity contribution in [3.8, 4) is 11.5 Å². The summed E-state index contributed by atoms with van der Waals surface area (Å²) in [5.41, 5.74) is 1.33. The highest BCUT2D eigenvalue weighted by Crippen LogP contribution is 2.31. The molecule has 0 aliphatic heterocycles. The lowest BCUT2D eigenvalue weighted by molar-refractivity contribution is 0.101. The van der Waals surface area contributed by atoms with Gasteiger partial charge in [-0.3, -0.25) is 4.79 Å². The fourth-order valence-corrected chi connectivity index (χ4v) is 2.36. The van der Waals surface area contributed by atoms with Gasteiger partial charge in [-0.05, 0) is 44.4 Å². The Morgan fingerprint density at radius 1 is 1.15 bits per heavy atom. The summed E-state index contributed by atoms with van der Waals surface area (Å²) >= 11 is 0. The number of ketones is 1. The second-order valence-corrected chi connectivity index (χ2v) is 5.14. The van der Waals surface area contributed by atoms with Crippen LogP contribution in [0.1, 0.15) is 68.8 Å². The summed E-state index contributed by atoms with van der Waals surface area (Å²) in [7, 11) is 0. The summed E-state index contributed by atoms with van der Waals surface area (Å²) in [6.07, 6.45) is 6.99. The van der Waals surface area contributed by atoms with Gasteiger partial charge in [0.2, 0.25) is 0 Å². The molecule has 0 aliphatic rings. The van der Waals surface area contributed by atoms with Crippen LogP contribution in [-0.2, 0) is 6.42 Å². The molecular weight excluding hydrogens is 252 g/mol. The predicted molar refractivity (Wildman–Crippen MR) is 81.7 cm³/mol. The summed E-state index contributed by atoms with van der Waals surface area (Å²) in [6, 6.07) is 3.58. The summed E-state index contributed by atoms with van der Waals surface area (Å²) in [4.78, 5) is 11.6. The number of benzene rings is 1. The van der Waals surface area contributed by atoms with Crippen LogP contribution >= 0.6 is 0 Å². The van der Waals surface area contributed by atoms with Crippen molar-refractivity contribution in [3.63, 3.8) is 0 Å². The third-order valence-electron chi connectivity index (χ3n) is 3.36. The molecule has 0 spiro atoms. The topological polar surface area (TPSA) is 46.5 Å². The molecule has 1 aromatic carbocycles. The molecule has 0 atom stereocenters. The minimum absolute atomic E-state index is 0.0343. The zero-order valence-electron chi connectivity index (χ0n) is 12.9. The van der Waals surface area contributed by atoms with Crippen LogP contribution in [0.3, 0.4) is 0 Å². The van der Waals surface area contributed by atoms with E-state index in [0.29, 0.717) is 17.9 Å². The van der Waals surface area contributed by atoms with Gasteiger partial charge in [-0.1, -0.05) is 32.6 Å². The molecule has 0 saturated heterocycles. The zero-order valence-corrected chi connectivity index (χ0v) is 12.9. The van der Waals surface area contributed by atoms with Gasteiger partial charge in [0.15, 0.2) is 5.78 Å². The first-order valence-electron chi connectivity index (χ1n) is 7.59. The van der Waals surface area contributed by atoms with Crippen molar-refractivity contribution in [2.24, 2.45) is 0 Å². The van der Waals surface area contributed by atoms with E-state index in [1.807, 2.05) is 13.0 Å². The maximum absolute atomic E-state index is 11.6. The Balaban J connectivity index is 2.75. The standard InChI is InChI=1S/C17H26O3/c1-4-6-7-8-9-10-14-11-15(19)17(13(3)18)16(12-14)20-5-2/h11-12,19H,4-10H2,1-3H3. The predicted octanol–water partition coefficient (Wildman–Crippen LogP) is 4.51. The summed E-state index contributed by atoms with van der Waals surface area (Å²) in [6.45, 7) is 6.01. The van der Waals surface area contributed by atoms with E-state index in [9.17, 15) is 9.90 Å². The molecule has 0 radical (unpaired) electrons. The molecule has 1 aromatic rings.